The molecular weight excluding hydrogens is 278 g/mol. The standard InChI is InChI=1S/C17H17N3S/c1-4-9-21-15-8-6-5-7-13(15)16-19-14-10-12(2)11-18-17(14)20(16)3/h4-8,10-11H,1,9H2,2-3H3. The Balaban J connectivity index is 2.16. The van der Waals surface area contributed by atoms with E-state index in [1.807, 2.05) is 32.3 Å². The Morgan fingerprint density at radius 1 is 1.33 bits per heavy atom. The summed E-state index contributed by atoms with van der Waals surface area (Å²) in [5.41, 5.74) is 4.12. The van der Waals surface area contributed by atoms with Gasteiger partial charge in [-0.3, -0.25) is 0 Å². The summed E-state index contributed by atoms with van der Waals surface area (Å²) in [4.78, 5) is 10.5. The second-order valence-electron chi connectivity index (χ2n) is 4.95. The molecule has 21 heavy (non-hydrogen) atoms. The Labute approximate surface area is 128 Å². The molecule has 0 aliphatic rings. The molecule has 0 saturated carbocycles. The molecule has 0 amide bonds. The first-order chi connectivity index (χ1) is 10.2. The van der Waals surface area contributed by atoms with Crippen molar-refractivity contribution < 1.29 is 0 Å². The van der Waals surface area contributed by atoms with Gasteiger partial charge in [0.05, 0.1) is 0 Å². The number of thioether (sulfide) groups is 1. The summed E-state index contributed by atoms with van der Waals surface area (Å²) in [6.45, 7) is 5.82. The van der Waals surface area contributed by atoms with E-state index < -0.39 is 0 Å². The zero-order valence-electron chi connectivity index (χ0n) is 12.2. The molecule has 3 nitrogen and oxygen atoms in total. The van der Waals surface area contributed by atoms with Gasteiger partial charge < -0.3 is 4.57 Å². The smallest absolute Gasteiger partial charge is 0.160 e. The lowest BCUT2D eigenvalue weighted by atomic mass is 10.2. The number of pyridine rings is 1. The van der Waals surface area contributed by atoms with Crippen LogP contribution in [0.3, 0.4) is 0 Å². The van der Waals surface area contributed by atoms with Crippen LogP contribution < -0.4 is 0 Å². The number of fused-ring (bicyclic) bond motifs is 1. The maximum absolute atomic E-state index is 4.77. The van der Waals surface area contributed by atoms with Gasteiger partial charge in [-0.1, -0.05) is 24.3 Å². The third-order valence-electron chi connectivity index (χ3n) is 3.33. The summed E-state index contributed by atoms with van der Waals surface area (Å²) in [5, 5.41) is 0. The molecule has 0 unspecified atom stereocenters. The molecule has 3 rings (SSSR count). The Hall–Kier alpha value is -2.07. The fraction of sp³-hybridized carbons (Fsp3) is 0.176. The van der Waals surface area contributed by atoms with Crippen molar-refractivity contribution in [3.05, 3.63) is 54.7 Å². The number of nitrogens with zero attached hydrogens (tertiary/aromatic N) is 3. The molecule has 0 aliphatic heterocycles. The predicted octanol–water partition coefficient (Wildman–Crippen LogP) is 4.22. The van der Waals surface area contributed by atoms with Gasteiger partial charge in [0.1, 0.15) is 11.3 Å². The lowest BCUT2D eigenvalue weighted by Gasteiger charge is -2.08. The van der Waals surface area contributed by atoms with Crippen molar-refractivity contribution in [2.24, 2.45) is 7.05 Å². The molecule has 0 aliphatic carbocycles. The topological polar surface area (TPSA) is 30.7 Å². The minimum atomic E-state index is 0.887. The maximum Gasteiger partial charge on any atom is 0.160 e. The second-order valence-corrected chi connectivity index (χ2v) is 6.01. The lowest BCUT2D eigenvalue weighted by Crippen LogP contribution is -1.95. The van der Waals surface area contributed by atoms with Crippen LogP contribution in [0.4, 0.5) is 0 Å². The van der Waals surface area contributed by atoms with Crippen molar-refractivity contribution in [2.45, 2.75) is 11.8 Å². The number of benzene rings is 1. The predicted molar refractivity (Wildman–Crippen MR) is 89.6 cm³/mol. The van der Waals surface area contributed by atoms with Gasteiger partial charge in [-0.15, -0.1) is 18.3 Å². The monoisotopic (exact) mass is 295 g/mol. The summed E-state index contributed by atoms with van der Waals surface area (Å²) in [6, 6.07) is 10.4. The summed E-state index contributed by atoms with van der Waals surface area (Å²) < 4.78 is 2.06. The number of hydrogen-bond donors (Lipinski definition) is 0. The third-order valence-corrected chi connectivity index (χ3v) is 4.40. The van der Waals surface area contributed by atoms with E-state index in [2.05, 4.69) is 40.4 Å². The number of aromatic nitrogens is 3. The first kappa shape index (κ1) is 13.9. The lowest BCUT2D eigenvalue weighted by molar-refractivity contribution is 0.937. The molecular formula is C17H17N3S. The first-order valence-electron chi connectivity index (χ1n) is 6.83. The molecule has 106 valence electrons. The molecule has 0 spiro atoms. The molecule has 0 saturated heterocycles. The largest absolute Gasteiger partial charge is 0.312 e. The van der Waals surface area contributed by atoms with Crippen molar-refractivity contribution in [2.75, 3.05) is 5.75 Å². The highest BCUT2D eigenvalue weighted by atomic mass is 32.2. The van der Waals surface area contributed by atoms with Crippen molar-refractivity contribution in [3.63, 3.8) is 0 Å². The van der Waals surface area contributed by atoms with E-state index in [0.717, 1.165) is 33.9 Å². The highest BCUT2D eigenvalue weighted by Gasteiger charge is 2.14. The Bertz CT molecular complexity index is 805. The summed E-state index contributed by atoms with van der Waals surface area (Å²) in [5.74, 6) is 1.84. The SMILES string of the molecule is C=CCSc1ccccc1-c1nc2cc(C)cnc2n1C. The van der Waals surface area contributed by atoms with E-state index in [-0.39, 0.29) is 0 Å². The molecule has 0 radical (unpaired) electrons. The van der Waals surface area contributed by atoms with Crippen molar-refractivity contribution in [1.29, 1.82) is 0 Å². The summed E-state index contributed by atoms with van der Waals surface area (Å²) >= 11 is 1.77. The highest BCUT2D eigenvalue weighted by Crippen LogP contribution is 2.32. The molecule has 1 aromatic carbocycles. The van der Waals surface area contributed by atoms with Crippen LogP contribution in [0.15, 0.2) is 54.1 Å². The molecule has 4 heteroatoms. The zero-order chi connectivity index (χ0) is 14.8. The van der Waals surface area contributed by atoms with Crippen LogP contribution >= 0.6 is 11.8 Å². The van der Waals surface area contributed by atoms with Crippen molar-refractivity contribution in [3.8, 4) is 11.4 Å². The van der Waals surface area contributed by atoms with Gasteiger partial charge in [-0.05, 0) is 24.6 Å². The Morgan fingerprint density at radius 2 is 2.14 bits per heavy atom. The number of imidazole rings is 1. The fourth-order valence-electron chi connectivity index (χ4n) is 2.34. The van der Waals surface area contributed by atoms with E-state index >= 15 is 0 Å². The van der Waals surface area contributed by atoms with Crippen molar-refractivity contribution in [1.82, 2.24) is 14.5 Å². The van der Waals surface area contributed by atoms with E-state index in [0.29, 0.717) is 0 Å². The zero-order valence-corrected chi connectivity index (χ0v) is 13.0. The molecule has 0 N–H and O–H groups in total. The number of hydrogen-bond acceptors (Lipinski definition) is 3. The average molecular weight is 295 g/mol. The van der Waals surface area contributed by atoms with Gasteiger partial charge in [-0.2, -0.15) is 0 Å². The number of aryl methyl sites for hydroxylation is 2. The quantitative estimate of drug-likeness (QED) is 0.533. The molecule has 3 aromatic rings. The van der Waals surface area contributed by atoms with Crippen molar-refractivity contribution >= 4 is 22.9 Å². The fourth-order valence-corrected chi connectivity index (χ4v) is 3.13. The van der Waals surface area contributed by atoms with Gasteiger partial charge in [0.25, 0.3) is 0 Å². The Kier molecular flexibility index (Phi) is 3.80. The summed E-state index contributed by atoms with van der Waals surface area (Å²) in [6.07, 6.45) is 3.80. The van der Waals surface area contributed by atoms with Crippen LogP contribution in [0.5, 0.6) is 0 Å². The van der Waals surface area contributed by atoms with Crippen LogP contribution in [-0.2, 0) is 7.05 Å². The van der Waals surface area contributed by atoms with Gasteiger partial charge >= 0.3 is 0 Å². The Morgan fingerprint density at radius 3 is 2.95 bits per heavy atom. The highest BCUT2D eigenvalue weighted by molar-refractivity contribution is 7.99. The molecule has 0 fully saturated rings. The summed E-state index contributed by atoms with van der Waals surface area (Å²) in [7, 11) is 2.02. The van der Waals surface area contributed by atoms with Gasteiger partial charge in [0.2, 0.25) is 0 Å². The molecule has 0 atom stereocenters. The van der Waals surface area contributed by atoms with Crippen LogP contribution in [0.1, 0.15) is 5.56 Å². The van der Waals surface area contributed by atoms with Crippen LogP contribution in [0, 0.1) is 6.92 Å². The van der Waals surface area contributed by atoms with E-state index in [1.54, 1.807) is 11.8 Å². The first-order valence-corrected chi connectivity index (χ1v) is 7.81. The van der Waals surface area contributed by atoms with Gasteiger partial charge in [0.15, 0.2) is 5.65 Å². The number of rotatable bonds is 4. The van der Waals surface area contributed by atoms with Crippen LogP contribution in [-0.4, -0.2) is 20.3 Å². The molecule has 2 heterocycles. The van der Waals surface area contributed by atoms with Gasteiger partial charge in [0, 0.05) is 29.5 Å². The minimum Gasteiger partial charge on any atom is -0.312 e. The van der Waals surface area contributed by atoms with Gasteiger partial charge in [-0.25, -0.2) is 9.97 Å². The van der Waals surface area contributed by atoms with E-state index in [1.165, 1.54) is 4.90 Å². The average Bonchev–Trinajstić information content (AvgIpc) is 2.81. The molecule has 0 bridgehead atoms. The van der Waals surface area contributed by atoms with E-state index in [9.17, 15) is 0 Å². The van der Waals surface area contributed by atoms with Crippen LogP contribution in [0.25, 0.3) is 22.6 Å². The van der Waals surface area contributed by atoms with Crippen LogP contribution in [0.2, 0.25) is 0 Å². The molecule has 2 aromatic heterocycles. The van der Waals surface area contributed by atoms with E-state index in [4.69, 9.17) is 4.98 Å². The third kappa shape index (κ3) is 2.59. The maximum atomic E-state index is 4.77. The minimum absolute atomic E-state index is 0.887. The second kappa shape index (κ2) is 5.74. The normalized spacial score (nSPS) is 11.0.